The molecule has 0 spiro atoms. The van der Waals surface area contributed by atoms with Crippen molar-refractivity contribution >= 4 is 12.1 Å². The fourth-order valence-corrected chi connectivity index (χ4v) is 0.829. The molecule has 0 aromatic rings. The van der Waals surface area contributed by atoms with Crippen LogP contribution in [0.2, 0.25) is 0 Å². The molecule has 0 atom stereocenters. The first-order chi connectivity index (χ1) is 4.43. The molecule has 1 aliphatic heterocycles. The maximum Gasteiger partial charge on any atom is 0.122 e. The summed E-state index contributed by atoms with van der Waals surface area (Å²) in [5, 5.41) is 0. The molecule has 0 bridgehead atoms. The molecule has 0 aromatic carbocycles. The number of rotatable bonds is 2. The molecule has 2 heteroatoms. The maximum absolute atomic E-state index is 4.24. The van der Waals surface area contributed by atoms with Crippen molar-refractivity contribution in [3.63, 3.8) is 0 Å². The van der Waals surface area contributed by atoms with Crippen molar-refractivity contribution in [2.24, 2.45) is 9.98 Å². The van der Waals surface area contributed by atoms with E-state index < -0.39 is 0 Å². The second-order valence-electron chi connectivity index (χ2n) is 2.15. The van der Waals surface area contributed by atoms with E-state index in [0.29, 0.717) is 0 Å². The molecular formula is C7H12N2. The van der Waals surface area contributed by atoms with Crippen LogP contribution in [0.15, 0.2) is 9.98 Å². The summed E-state index contributed by atoms with van der Waals surface area (Å²) in [6.45, 7) is 3.09. The quantitative estimate of drug-likeness (QED) is 0.535. The highest BCUT2D eigenvalue weighted by Gasteiger charge is 1.96. The molecule has 1 heterocycles. The van der Waals surface area contributed by atoms with Gasteiger partial charge in [0.05, 0.1) is 0 Å². The van der Waals surface area contributed by atoms with Crippen LogP contribution in [0.25, 0.3) is 0 Å². The van der Waals surface area contributed by atoms with Gasteiger partial charge in [0, 0.05) is 25.6 Å². The fraction of sp³-hybridized carbons (Fsp3) is 0.714. The third kappa shape index (κ3) is 1.96. The maximum atomic E-state index is 4.24. The molecule has 0 saturated carbocycles. The van der Waals surface area contributed by atoms with Crippen molar-refractivity contribution in [3.05, 3.63) is 0 Å². The van der Waals surface area contributed by atoms with Gasteiger partial charge in [-0.1, -0.05) is 6.92 Å². The zero-order chi connectivity index (χ0) is 6.53. The molecule has 2 nitrogen and oxygen atoms in total. The summed E-state index contributed by atoms with van der Waals surface area (Å²) in [6.07, 6.45) is 5.16. The Bertz CT molecular complexity index is 136. The summed E-state index contributed by atoms with van der Waals surface area (Å²) in [7, 11) is 0. The molecule has 0 unspecified atom stereocenters. The van der Waals surface area contributed by atoms with Crippen LogP contribution in [-0.4, -0.2) is 18.6 Å². The van der Waals surface area contributed by atoms with E-state index in [9.17, 15) is 0 Å². The predicted octanol–water partition coefficient (Wildman–Crippen LogP) is 1.66. The van der Waals surface area contributed by atoms with Crippen molar-refractivity contribution in [3.8, 4) is 0 Å². The Morgan fingerprint density at radius 2 is 2.56 bits per heavy atom. The van der Waals surface area contributed by atoms with Crippen molar-refractivity contribution < 1.29 is 0 Å². The Hall–Kier alpha value is -0.660. The number of nitrogens with zero attached hydrogens (tertiary/aromatic N) is 2. The minimum Gasteiger partial charge on any atom is -0.270 e. The molecule has 0 fully saturated rings. The lowest BCUT2D eigenvalue weighted by molar-refractivity contribution is 0.941. The van der Waals surface area contributed by atoms with Gasteiger partial charge in [0.15, 0.2) is 0 Å². The van der Waals surface area contributed by atoms with Crippen LogP contribution in [0.1, 0.15) is 26.2 Å². The molecule has 0 saturated heterocycles. The highest BCUT2D eigenvalue weighted by Crippen LogP contribution is 1.98. The van der Waals surface area contributed by atoms with Gasteiger partial charge >= 0.3 is 0 Å². The summed E-state index contributed by atoms with van der Waals surface area (Å²) in [4.78, 5) is 8.38. The smallest absolute Gasteiger partial charge is 0.122 e. The average Bonchev–Trinajstić information content (AvgIpc) is 1.91. The van der Waals surface area contributed by atoms with Gasteiger partial charge in [-0.05, 0) is 6.42 Å². The summed E-state index contributed by atoms with van der Waals surface area (Å²) in [6, 6.07) is 0. The zero-order valence-electron chi connectivity index (χ0n) is 5.80. The van der Waals surface area contributed by atoms with Gasteiger partial charge < -0.3 is 0 Å². The van der Waals surface area contributed by atoms with Gasteiger partial charge in [-0.2, -0.15) is 0 Å². The summed E-state index contributed by atoms with van der Waals surface area (Å²) < 4.78 is 0. The van der Waals surface area contributed by atoms with Gasteiger partial charge in [-0.15, -0.1) is 0 Å². The minimum atomic E-state index is 0.943. The van der Waals surface area contributed by atoms with Crippen molar-refractivity contribution in [2.45, 2.75) is 26.2 Å². The molecule has 0 N–H and O–H groups in total. The number of hydrogen-bond donors (Lipinski definition) is 0. The normalized spacial score (nSPS) is 17.7. The van der Waals surface area contributed by atoms with Crippen LogP contribution in [0.3, 0.4) is 0 Å². The van der Waals surface area contributed by atoms with E-state index >= 15 is 0 Å². The van der Waals surface area contributed by atoms with Gasteiger partial charge in [-0.3, -0.25) is 4.99 Å². The molecular weight excluding hydrogens is 112 g/mol. The largest absolute Gasteiger partial charge is 0.270 e. The predicted molar refractivity (Wildman–Crippen MR) is 40.3 cm³/mol. The minimum absolute atomic E-state index is 0.943. The van der Waals surface area contributed by atoms with Gasteiger partial charge in [0.1, 0.15) is 5.84 Å². The van der Waals surface area contributed by atoms with E-state index in [1.54, 1.807) is 0 Å². The molecule has 50 valence electrons. The van der Waals surface area contributed by atoms with E-state index in [1.165, 1.54) is 0 Å². The molecule has 0 amide bonds. The number of amidine groups is 1. The third-order valence-electron chi connectivity index (χ3n) is 1.27. The van der Waals surface area contributed by atoms with Crippen molar-refractivity contribution in [1.82, 2.24) is 0 Å². The monoisotopic (exact) mass is 124 g/mol. The van der Waals surface area contributed by atoms with Gasteiger partial charge in [0.2, 0.25) is 0 Å². The lowest BCUT2D eigenvalue weighted by Crippen LogP contribution is -2.01. The zero-order valence-corrected chi connectivity index (χ0v) is 5.80. The van der Waals surface area contributed by atoms with E-state index in [-0.39, 0.29) is 0 Å². The van der Waals surface area contributed by atoms with Crippen LogP contribution in [0.5, 0.6) is 0 Å². The Balaban J connectivity index is 2.38. The Kier molecular flexibility index (Phi) is 2.43. The topological polar surface area (TPSA) is 24.7 Å². The van der Waals surface area contributed by atoms with E-state index in [4.69, 9.17) is 0 Å². The highest BCUT2D eigenvalue weighted by atomic mass is 14.9. The second-order valence-corrected chi connectivity index (χ2v) is 2.15. The Morgan fingerprint density at radius 3 is 3.11 bits per heavy atom. The molecule has 0 aromatic heterocycles. The highest BCUT2D eigenvalue weighted by molar-refractivity contribution is 5.90. The van der Waals surface area contributed by atoms with E-state index in [0.717, 1.165) is 31.6 Å². The van der Waals surface area contributed by atoms with E-state index in [1.807, 2.05) is 6.21 Å². The third-order valence-corrected chi connectivity index (χ3v) is 1.27. The SMILES string of the molecule is CCCC1=NCCC=N1. The summed E-state index contributed by atoms with van der Waals surface area (Å²) in [5.74, 6) is 1.03. The first-order valence-electron chi connectivity index (χ1n) is 3.49. The Labute approximate surface area is 55.7 Å². The summed E-state index contributed by atoms with van der Waals surface area (Å²) >= 11 is 0. The number of hydrogen-bond acceptors (Lipinski definition) is 2. The second kappa shape index (κ2) is 3.38. The van der Waals surface area contributed by atoms with Crippen LogP contribution >= 0.6 is 0 Å². The van der Waals surface area contributed by atoms with Gasteiger partial charge in [-0.25, -0.2) is 4.99 Å². The molecule has 0 aliphatic carbocycles. The van der Waals surface area contributed by atoms with Gasteiger partial charge in [0.25, 0.3) is 0 Å². The number of aliphatic imine (C=N–C) groups is 2. The van der Waals surface area contributed by atoms with E-state index in [2.05, 4.69) is 16.9 Å². The van der Waals surface area contributed by atoms with Crippen LogP contribution in [0, 0.1) is 0 Å². The Morgan fingerprint density at radius 1 is 1.67 bits per heavy atom. The van der Waals surface area contributed by atoms with Crippen molar-refractivity contribution in [1.29, 1.82) is 0 Å². The fourth-order valence-electron chi connectivity index (χ4n) is 0.829. The van der Waals surface area contributed by atoms with Crippen LogP contribution < -0.4 is 0 Å². The van der Waals surface area contributed by atoms with Crippen molar-refractivity contribution in [2.75, 3.05) is 6.54 Å². The first-order valence-corrected chi connectivity index (χ1v) is 3.49. The molecule has 1 aliphatic rings. The first kappa shape index (κ1) is 6.46. The van der Waals surface area contributed by atoms with Crippen LogP contribution in [-0.2, 0) is 0 Å². The average molecular weight is 124 g/mol. The molecule has 0 radical (unpaired) electrons. The summed E-state index contributed by atoms with van der Waals surface area (Å²) in [5.41, 5.74) is 0. The standard InChI is InChI=1S/C7H12N2/c1-2-4-7-8-5-3-6-9-7/h5H,2-4,6H2,1H3. The molecule has 1 rings (SSSR count). The lowest BCUT2D eigenvalue weighted by atomic mass is 10.3. The lowest BCUT2D eigenvalue weighted by Gasteiger charge is -2.01. The molecule has 9 heavy (non-hydrogen) atoms. The van der Waals surface area contributed by atoms with Crippen LogP contribution in [0.4, 0.5) is 0 Å².